The van der Waals surface area contributed by atoms with Crippen molar-refractivity contribution >= 4 is 5.97 Å². The molecule has 1 atom stereocenters. The Morgan fingerprint density at radius 3 is 2.67 bits per heavy atom. The van der Waals surface area contributed by atoms with Crippen molar-refractivity contribution in [1.29, 1.82) is 0 Å². The molecule has 1 aromatic carbocycles. The third-order valence-electron chi connectivity index (χ3n) is 2.78. The van der Waals surface area contributed by atoms with E-state index in [-0.39, 0.29) is 29.9 Å². The standard InChI is InChI=1S/C11H10F3NO3/c12-11(13,14)6-2-1-5(10(16)17)9-8(6)7(15)3-4-18-9/h1-2,7H,3-4,15H2,(H,16,17)/t7-/m0/s1. The molecule has 2 rings (SSSR count). The Bertz CT molecular complexity index is 499. The zero-order chi connectivity index (χ0) is 13.5. The number of carbonyl (C=O) groups is 1. The third-order valence-corrected chi connectivity index (χ3v) is 2.78. The van der Waals surface area contributed by atoms with E-state index >= 15 is 0 Å². The monoisotopic (exact) mass is 261 g/mol. The van der Waals surface area contributed by atoms with E-state index in [1.165, 1.54) is 0 Å². The normalized spacial score (nSPS) is 19.0. The smallest absolute Gasteiger partial charge is 0.416 e. The van der Waals surface area contributed by atoms with E-state index in [0.29, 0.717) is 0 Å². The van der Waals surface area contributed by atoms with Gasteiger partial charge in [0, 0.05) is 18.0 Å². The Hall–Kier alpha value is -1.76. The van der Waals surface area contributed by atoms with Crippen LogP contribution in [-0.2, 0) is 6.18 Å². The summed E-state index contributed by atoms with van der Waals surface area (Å²) < 4.78 is 43.5. The SMILES string of the molecule is N[C@H]1CCOc2c(C(=O)O)ccc(C(F)(F)F)c21. The summed E-state index contributed by atoms with van der Waals surface area (Å²) in [6, 6.07) is 0.753. The molecule has 4 nitrogen and oxygen atoms in total. The number of aromatic carboxylic acids is 1. The van der Waals surface area contributed by atoms with E-state index in [9.17, 15) is 18.0 Å². The summed E-state index contributed by atoms with van der Waals surface area (Å²) in [5.41, 5.74) is 4.14. The van der Waals surface area contributed by atoms with Crippen LogP contribution in [0.2, 0.25) is 0 Å². The minimum absolute atomic E-state index is 0.107. The van der Waals surface area contributed by atoms with Crippen LogP contribution in [0.15, 0.2) is 12.1 Å². The maximum Gasteiger partial charge on any atom is 0.416 e. The predicted octanol–water partition coefficient (Wildman–Crippen LogP) is 2.19. The number of carboxylic acids is 1. The van der Waals surface area contributed by atoms with Crippen LogP contribution < -0.4 is 10.5 Å². The number of nitrogens with two attached hydrogens (primary N) is 1. The topological polar surface area (TPSA) is 72.5 Å². The first-order valence-corrected chi connectivity index (χ1v) is 5.18. The van der Waals surface area contributed by atoms with E-state index in [1.807, 2.05) is 0 Å². The predicted molar refractivity (Wildman–Crippen MR) is 55.4 cm³/mol. The lowest BCUT2D eigenvalue weighted by atomic mass is 9.92. The number of fused-ring (bicyclic) bond motifs is 1. The Kier molecular flexibility index (Phi) is 2.94. The zero-order valence-corrected chi connectivity index (χ0v) is 9.12. The van der Waals surface area contributed by atoms with Gasteiger partial charge < -0.3 is 15.6 Å². The third kappa shape index (κ3) is 2.01. The molecular formula is C11H10F3NO3. The minimum Gasteiger partial charge on any atom is -0.492 e. The van der Waals surface area contributed by atoms with Gasteiger partial charge in [-0.2, -0.15) is 13.2 Å². The molecule has 98 valence electrons. The van der Waals surface area contributed by atoms with Gasteiger partial charge in [-0.1, -0.05) is 0 Å². The van der Waals surface area contributed by atoms with Crippen molar-refractivity contribution in [2.24, 2.45) is 5.73 Å². The average Bonchev–Trinajstić information content (AvgIpc) is 2.26. The van der Waals surface area contributed by atoms with E-state index < -0.39 is 23.8 Å². The maximum atomic E-state index is 12.8. The van der Waals surface area contributed by atoms with Crippen molar-refractivity contribution in [3.63, 3.8) is 0 Å². The van der Waals surface area contributed by atoms with Gasteiger partial charge in [0.15, 0.2) is 0 Å². The maximum absolute atomic E-state index is 12.8. The molecule has 1 aliphatic heterocycles. The van der Waals surface area contributed by atoms with Crippen molar-refractivity contribution in [1.82, 2.24) is 0 Å². The molecule has 0 aromatic heterocycles. The van der Waals surface area contributed by atoms with Crippen LogP contribution in [0.5, 0.6) is 5.75 Å². The number of hydrogen-bond donors (Lipinski definition) is 2. The number of rotatable bonds is 1. The summed E-state index contributed by atoms with van der Waals surface area (Å²) in [4.78, 5) is 10.9. The summed E-state index contributed by atoms with van der Waals surface area (Å²) in [6.07, 6.45) is -4.36. The van der Waals surface area contributed by atoms with E-state index in [4.69, 9.17) is 15.6 Å². The van der Waals surface area contributed by atoms with Crippen molar-refractivity contribution in [3.8, 4) is 5.75 Å². The van der Waals surface area contributed by atoms with Gasteiger partial charge in [0.2, 0.25) is 0 Å². The van der Waals surface area contributed by atoms with Gasteiger partial charge in [-0.05, 0) is 12.1 Å². The first kappa shape index (κ1) is 12.7. The molecule has 0 radical (unpaired) electrons. The van der Waals surface area contributed by atoms with E-state index in [2.05, 4.69) is 0 Å². The Labute approximate surface area is 100 Å². The molecule has 1 aromatic rings. The van der Waals surface area contributed by atoms with Crippen LogP contribution in [0.1, 0.15) is 33.9 Å². The van der Waals surface area contributed by atoms with Crippen LogP contribution in [-0.4, -0.2) is 17.7 Å². The molecule has 0 bridgehead atoms. The second kappa shape index (κ2) is 4.16. The molecule has 3 N–H and O–H groups in total. The van der Waals surface area contributed by atoms with Crippen molar-refractivity contribution in [2.45, 2.75) is 18.6 Å². The Balaban J connectivity index is 2.70. The van der Waals surface area contributed by atoms with Gasteiger partial charge in [-0.25, -0.2) is 4.79 Å². The lowest BCUT2D eigenvalue weighted by Crippen LogP contribution is -2.26. The number of ether oxygens (including phenoxy) is 1. The van der Waals surface area contributed by atoms with Gasteiger partial charge >= 0.3 is 12.1 Å². The number of carboxylic acid groups (broad SMARTS) is 1. The van der Waals surface area contributed by atoms with Gasteiger partial charge in [0.05, 0.1) is 12.2 Å². The second-order valence-electron chi connectivity index (χ2n) is 3.95. The van der Waals surface area contributed by atoms with E-state index in [1.54, 1.807) is 0 Å². The average molecular weight is 261 g/mol. The highest BCUT2D eigenvalue weighted by Crippen LogP contribution is 2.43. The molecule has 7 heteroatoms. The lowest BCUT2D eigenvalue weighted by molar-refractivity contribution is -0.138. The minimum atomic E-state index is -4.58. The van der Waals surface area contributed by atoms with Crippen LogP contribution >= 0.6 is 0 Å². The molecule has 0 saturated carbocycles. The summed E-state index contributed by atoms with van der Waals surface area (Å²) >= 11 is 0. The Morgan fingerprint density at radius 1 is 1.44 bits per heavy atom. The van der Waals surface area contributed by atoms with Crippen LogP contribution in [0, 0.1) is 0 Å². The van der Waals surface area contributed by atoms with Gasteiger partial charge in [0.25, 0.3) is 0 Å². The quantitative estimate of drug-likeness (QED) is 0.812. The van der Waals surface area contributed by atoms with Crippen LogP contribution in [0.3, 0.4) is 0 Å². The van der Waals surface area contributed by atoms with Crippen molar-refractivity contribution in [2.75, 3.05) is 6.61 Å². The van der Waals surface area contributed by atoms with Gasteiger partial charge in [-0.3, -0.25) is 0 Å². The lowest BCUT2D eigenvalue weighted by Gasteiger charge is -2.27. The molecular weight excluding hydrogens is 251 g/mol. The van der Waals surface area contributed by atoms with Crippen molar-refractivity contribution < 1.29 is 27.8 Å². The first-order chi connectivity index (χ1) is 8.32. The molecule has 1 heterocycles. The molecule has 0 unspecified atom stereocenters. The fourth-order valence-corrected chi connectivity index (χ4v) is 1.97. The van der Waals surface area contributed by atoms with Gasteiger partial charge in [-0.15, -0.1) is 0 Å². The molecule has 1 aliphatic rings. The number of alkyl halides is 3. The van der Waals surface area contributed by atoms with E-state index in [0.717, 1.165) is 12.1 Å². The van der Waals surface area contributed by atoms with Crippen LogP contribution in [0.4, 0.5) is 13.2 Å². The van der Waals surface area contributed by atoms with Gasteiger partial charge in [0.1, 0.15) is 11.3 Å². The fourth-order valence-electron chi connectivity index (χ4n) is 1.97. The first-order valence-electron chi connectivity index (χ1n) is 5.18. The summed E-state index contributed by atoms with van der Waals surface area (Å²) in [5.74, 6) is -1.61. The number of hydrogen-bond acceptors (Lipinski definition) is 3. The largest absolute Gasteiger partial charge is 0.492 e. The molecule has 0 fully saturated rings. The molecule has 0 saturated heterocycles. The fraction of sp³-hybridized carbons (Fsp3) is 0.364. The summed E-state index contributed by atoms with van der Waals surface area (Å²) in [6.45, 7) is 0.107. The highest BCUT2D eigenvalue weighted by Gasteiger charge is 2.39. The number of halogens is 3. The zero-order valence-electron chi connectivity index (χ0n) is 9.12. The molecule has 18 heavy (non-hydrogen) atoms. The second-order valence-corrected chi connectivity index (χ2v) is 3.95. The molecule has 0 aliphatic carbocycles. The number of benzene rings is 1. The van der Waals surface area contributed by atoms with Crippen LogP contribution in [0.25, 0.3) is 0 Å². The highest BCUT2D eigenvalue weighted by molar-refractivity contribution is 5.92. The summed E-state index contributed by atoms with van der Waals surface area (Å²) in [7, 11) is 0. The van der Waals surface area contributed by atoms with Crippen molar-refractivity contribution in [3.05, 3.63) is 28.8 Å². The Morgan fingerprint density at radius 2 is 2.11 bits per heavy atom. The highest BCUT2D eigenvalue weighted by atomic mass is 19.4. The molecule has 0 spiro atoms. The summed E-state index contributed by atoms with van der Waals surface area (Å²) in [5, 5.41) is 8.92. The molecule has 0 amide bonds.